The topological polar surface area (TPSA) is 39.2 Å². The molecule has 0 aliphatic heterocycles. The van der Waals surface area contributed by atoms with Crippen LogP contribution in [0.4, 0.5) is 13.2 Å². The monoisotopic (exact) mass is 225 g/mol. The van der Waals surface area contributed by atoms with Gasteiger partial charge in [0.2, 0.25) is 0 Å². The maximum Gasteiger partial charge on any atom is 0.573 e. The van der Waals surface area contributed by atoms with Gasteiger partial charge >= 0.3 is 6.36 Å². The number of hydrogen-bond acceptors (Lipinski definition) is 3. The second kappa shape index (κ2) is 3.83. The first-order chi connectivity index (χ1) is 6.40. The average Bonchev–Trinajstić information content (AvgIpc) is 2.01. The Bertz CT molecular complexity index is 353. The summed E-state index contributed by atoms with van der Waals surface area (Å²) in [5.74, 6) is -0.708. The fourth-order valence-electron chi connectivity index (χ4n) is 0.745. The predicted octanol–water partition coefficient (Wildman–Crippen LogP) is 2.36. The number of hydrogen-bond donors (Lipinski definition) is 0. The number of ether oxygens (including phenoxy) is 1. The molecule has 3 nitrogen and oxygen atoms in total. The van der Waals surface area contributed by atoms with Gasteiger partial charge in [0.05, 0.1) is 0 Å². The van der Waals surface area contributed by atoms with Crippen LogP contribution in [0.3, 0.4) is 0 Å². The molecule has 7 heteroatoms. The Kier molecular flexibility index (Phi) is 2.95. The third kappa shape index (κ3) is 2.88. The lowest BCUT2D eigenvalue weighted by atomic mass is 10.3. The highest BCUT2D eigenvalue weighted by atomic mass is 35.5. The Morgan fingerprint density at radius 1 is 1.50 bits per heavy atom. The second-order valence-corrected chi connectivity index (χ2v) is 2.51. The lowest BCUT2D eigenvalue weighted by molar-refractivity contribution is -0.274. The molecule has 0 atom stereocenters. The Hall–Kier alpha value is -1.30. The van der Waals surface area contributed by atoms with E-state index in [1.165, 1.54) is 6.07 Å². The maximum absolute atomic E-state index is 11.8. The third-order valence-corrected chi connectivity index (χ3v) is 1.36. The first kappa shape index (κ1) is 10.8. The summed E-state index contributed by atoms with van der Waals surface area (Å²) in [6, 6.07) is 2.15. The van der Waals surface area contributed by atoms with Gasteiger partial charge < -0.3 is 4.74 Å². The van der Waals surface area contributed by atoms with E-state index in [0.29, 0.717) is 0 Å². The van der Waals surface area contributed by atoms with Crippen LogP contribution in [0.2, 0.25) is 0 Å². The van der Waals surface area contributed by atoms with Crippen LogP contribution in [0.15, 0.2) is 18.3 Å². The minimum absolute atomic E-state index is 0.563. The zero-order valence-corrected chi connectivity index (χ0v) is 7.26. The van der Waals surface area contributed by atoms with Crippen molar-refractivity contribution in [3.63, 3.8) is 0 Å². The van der Waals surface area contributed by atoms with Crippen LogP contribution in [0.25, 0.3) is 0 Å². The molecule has 0 N–H and O–H groups in total. The molecule has 0 aromatic carbocycles. The van der Waals surface area contributed by atoms with E-state index in [1.54, 1.807) is 0 Å². The van der Waals surface area contributed by atoms with Gasteiger partial charge in [-0.15, -0.1) is 13.2 Å². The molecule has 1 heterocycles. The zero-order chi connectivity index (χ0) is 10.8. The Balaban J connectivity index is 3.02. The predicted molar refractivity (Wildman–Crippen MR) is 41.1 cm³/mol. The van der Waals surface area contributed by atoms with Crippen molar-refractivity contribution in [3.8, 4) is 5.75 Å². The summed E-state index contributed by atoms with van der Waals surface area (Å²) < 4.78 is 38.9. The number of halogens is 4. The van der Waals surface area contributed by atoms with Gasteiger partial charge in [-0.3, -0.25) is 4.79 Å². The van der Waals surface area contributed by atoms with Gasteiger partial charge in [0.1, 0.15) is 0 Å². The molecule has 0 spiro atoms. The van der Waals surface area contributed by atoms with E-state index < -0.39 is 23.0 Å². The smallest absolute Gasteiger partial charge is 0.403 e. The van der Waals surface area contributed by atoms with Crippen molar-refractivity contribution in [2.45, 2.75) is 6.36 Å². The molecule has 0 saturated carbocycles. The maximum atomic E-state index is 11.8. The minimum Gasteiger partial charge on any atom is -0.403 e. The van der Waals surface area contributed by atoms with Crippen molar-refractivity contribution in [1.29, 1.82) is 0 Å². The van der Waals surface area contributed by atoms with Gasteiger partial charge in [0.15, 0.2) is 11.4 Å². The molecule has 14 heavy (non-hydrogen) atoms. The summed E-state index contributed by atoms with van der Waals surface area (Å²) in [6.45, 7) is 0. The number of aromatic nitrogens is 1. The van der Waals surface area contributed by atoms with E-state index >= 15 is 0 Å². The largest absolute Gasteiger partial charge is 0.573 e. The number of nitrogens with zero attached hydrogens (tertiary/aromatic N) is 1. The second-order valence-electron chi connectivity index (χ2n) is 2.17. The normalized spacial score (nSPS) is 11.1. The van der Waals surface area contributed by atoms with Crippen molar-refractivity contribution in [2.24, 2.45) is 0 Å². The summed E-state index contributed by atoms with van der Waals surface area (Å²) in [5.41, 5.74) is -0.563. The van der Waals surface area contributed by atoms with Gasteiger partial charge in [-0.25, -0.2) is 4.98 Å². The molecule has 1 rings (SSSR count). The molecule has 0 radical (unpaired) electrons. The highest BCUT2D eigenvalue weighted by Crippen LogP contribution is 2.25. The number of rotatable bonds is 2. The fraction of sp³-hybridized carbons (Fsp3) is 0.143. The number of pyridine rings is 1. The highest BCUT2D eigenvalue weighted by molar-refractivity contribution is 6.67. The molecule has 0 saturated heterocycles. The van der Waals surface area contributed by atoms with Crippen molar-refractivity contribution in [3.05, 3.63) is 24.0 Å². The van der Waals surface area contributed by atoms with Crippen LogP contribution >= 0.6 is 11.6 Å². The highest BCUT2D eigenvalue weighted by Gasteiger charge is 2.33. The van der Waals surface area contributed by atoms with Crippen LogP contribution in [0, 0.1) is 0 Å². The lowest BCUT2D eigenvalue weighted by Crippen LogP contribution is -2.18. The van der Waals surface area contributed by atoms with Crippen molar-refractivity contribution >= 4 is 16.8 Å². The number of carbonyl (C=O) groups is 1. The summed E-state index contributed by atoms with van der Waals surface area (Å²) in [4.78, 5) is 14.0. The minimum atomic E-state index is -4.87. The van der Waals surface area contributed by atoms with Crippen LogP contribution in [-0.4, -0.2) is 16.6 Å². The fourth-order valence-corrected chi connectivity index (χ4v) is 0.887. The van der Waals surface area contributed by atoms with E-state index in [0.717, 1.165) is 12.3 Å². The number of carbonyl (C=O) groups excluding carboxylic acids is 1. The zero-order valence-electron chi connectivity index (χ0n) is 6.51. The van der Waals surface area contributed by atoms with E-state index in [4.69, 9.17) is 11.6 Å². The van der Waals surface area contributed by atoms with Gasteiger partial charge in [0.25, 0.3) is 5.24 Å². The molecule has 0 aliphatic carbocycles. The summed E-state index contributed by atoms with van der Waals surface area (Å²) >= 11 is 4.99. The van der Waals surface area contributed by atoms with E-state index in [2.05, 4.69) is 9.72 Å². The van der Waals surface area contributed by atoms with Gasteiger partial charge in [-0.1, -0.05) is 0 Å². The van der Waals surface area contributed by atoms with Gasteiger partial charge in [-0.2, -0.15) is 0 Å². The Morgan fingerprint density at radius 2 is 2.14 bits per heavy atom. The third-order valence-electron chi connectivity index (χ3n) is 1.18. The summed E-state index contributed by atoms with van der Waals surface area (Å²) in [6.07, 6.45) is -3.73. The molecular formula is C7H3ClF3NO2. The first-order valence-corrected chi connectivity index (χ1v) is 3.68. The van der Waals surface area contributed by atoms with Crippen LogP contribution in [0.5, 0.6) is 5.75 Å². The SMILES string of the molecule is O=C(Cl)c1ncccc1OC(F)(F)F. The molecule has 0 bridgehead atoms. The number of alkyl halides is 3. The van der Waals surface area contributed by atoms with Gasteiger partial charge in [0, 0.05) is 6.20 Å². The summed E-state index contributed by atoms with van der Waals surface area (Å²) in [5, 5.41) is -1.11. The molecule has 0 unspecified atom stereocenters. The summed E-state index contributed by atoms with van der Waals surface area (Å²) in [7, 11) is 0. The molecule has 76 valence electrons. The molecule has 1 aromatic rings. The van der Waals surface area contributed by atoms with Crippen molar-refractivity contribution in [2.75, 3.05) is 0 Å². The van der Waals surface area contributed by atoms with Crippen LogP contribution in [-0.2, 0) is 0 Å². The Morgan fingerprint density at radius 3 is 2.64 bits per heavy atom. The molecule has 0 fully saturated rings. The molecular weight excluding hydrogens is 223 g/mol. The van der Waals surface area contributed by atoms with Crippen molar-refractivity contribution < 1.29 is 22.7 Å². The molecule has 0 amide bonds. The van der Waals surface area contributed by atoms with E-state index in [-0.39, 0.29) is 0 Å². The van der Waals surface area contributed by atoms with Gasteiger partial charge in [-0.05, 0) is 23.7 Å². The molecule has 0 aliphatic rings. The molecule has 1 aromatic heterocycles. The Labute approximate surface area is 81.5 Å². The van der Waals surface area contributed by atoms with Crippen LogP contribution in [0.1, 0.15) is 10.5 Å². The van der Waals surface area contributed by atoms with Crippen molar-refractivity contribution in [1.82, 2.24) is 4.98 Å². The average molecular weight is 226 g/mol. The van der Waals surface area contributed by atoms with E-state index in [9.17, 15) is 18.0 Å². The quantitative estimate of drug-likeness (QED) is 0.726. The lowest BCUT2D eigenvalue weighted by Gasteiger charge is -2.09. The van der Waals surface area contributed by atoms with E-state index in [1.807, 2.05) is 0 Å². The first-order valence-electron chi connectivity index (χ1n) is 3.31. The standard InChI is InChI=1S/C7H3ClF3NO2/c8-6(13)5-4(2-1-3-12-5)14-7(9,10)11/h1-3H. The van der Waals surface area contributed by atoms with Crippen LogP contribution < -0.4 is 4.74 Å².